The summed E-state index contributed by atoms with van der Waals surface area (Å²) in [5, 5.41) is 2.79. The van der Waals surface area contributed by atoms with Crippen molar-refractivity contribution in [1.82, 2.24) is 4.98 Å². The van der Waals surface area contributed by atoms with Crippen LogP contribution in [-0.2, 0) is 0 Å². The van der Waals surface area contributed by atoms with Crippen molar-refractivity contribution >= 4 is 23.4 Å². The number of thioether (sulfide) groups is 1. The molecule has 1 heterocycles. The third kappa shape index (κ3) is 5.27. The highest BCUT2D eigenvalue weighted by Crippen LogP contribution is 2.28. The summed E-state index contributed by atoms with van der Waals surface area (Å²) < 4.78 is 30.5. The summed E-state index contributed by atoms with van der Waals surface area (Å²) in [6.45, 7) is 1.87. The van der Waals surface area contributed by atoms with E-state index in [1.54, 1.807) is 42.7 Å². The summed E-state index contributed by atoms with van der Waals surface area (Å²) in [6, 6.07) is 14.9. The van der Waals surface area contributed by atoms with Crippen molar-refractivity contribution in [2.45, 2.75) is 17.6 Å². The molecule has 2 aromatic carbocycles. The molecule has 0 atom stereocenters. The fraction of sp³-hybridized carbons (Fsp3) is 0.100. The van der Waals surface area contributed by atoms with Gasteiger partial charge in [-0.25, -0.2) is 0 Å². The fourth-order valence-corrected chi connectivity index (χ4v) is 2.87. The lowest BCUT2D eigenvalue weighted by molar-refractivity contribution is 0.102. The van der Waals surface area contributed by atoms with Crippen LogP contribution in [0.2, 0.25) is 0 Å². The minimum absolute atomic E-state index is 0.316. The number of anilines is 1. The molecule has 0 aliphatic heterocycles. The van der Waals surface area contributed by atoms with E-state index in [0.29, 0.717) is 39.4 Å². The molecule has 3 aromatic rings. The van der Waals surface area contributed by atoms with Crippen LogP contribution in [0.4, 0.5) is 14.5 Å². The van der Waals surface area contributed by atoms with Crippen molar-refractivity contribution in [3.05, 3.63) is 78.1 Å². The van der Waals surface area contributed by atoms with Gasteiger partial charge < -0.3 is 10.1 Å². The van der Waals surface area contributed by atoms with Crippen LogP contribution in [0.25, 0.3) is 0 Å². The summed E-state index contributed by atoms with van der Waals surface area (Å²) in [6.07, 6.45) is 3.28. The van der Waals surface area contributed by atoms with E-state index in [1.807, 2.05) is 6.92 Å². The molecule has 0 saturated heterocycles. The Bertz CT molecular complexity index is 919. The summed E-state index contributed by atoms with van der Waals surface area (Å²) in [7, 11) is 0. The third-order valence-electron chi connectivity index (χ3n) is 3.64. The van der Waals surface area contributed by atoms with Crippen molar-refractivity contribution in [3.8, 4) is 11.5 Å². The highest BCUT2D eigenvalue weighted by Gasteiger charge is 2.10. The van der Waals surface area contributed by atoms with Crippen LogP contribution in [0.5, 0.6) is 11.5 Å². The number of aromatic nitrogens is 1. The number of rotatable bonds is 6. The molecule has 0 fully saturated rings. The Kier molecular flexibility index (Phi) is 6.03. The maximum Gasteiger partial charge on any atom is 0.288 e. The number of nitrogens with one attached hydrogen (secondary N) is 1. The largest absolute Gasteiger partial charge is 0.455 e. The average molecular weight is 386 g/mol. The van der Waals surface area contributed by atoms with Crippen LogP contribution in [0.3, 0.4) is 0 Å². The Balaban J connectivity index is 1.66. The summed E-state index contributed by atoms with van der Waals surface area (Å²) in [4.78, 5) is 16.7. The lowest BCUT2D eigenvalue weighted by Crippen LogP contribution is -2.11. The van der Waals surface area contributed by atoms with Crippen molar-refractivity contribution in [2.24, 2.45) is 0 Å². The van der Waals surface area contributed by atoms with Crippen LogP contribution in [0, 0.1) is 6.92 Å². The fourth-order valence-electron chi connectivity index (χ4n) is 2.37. The predicted octanol–water partition coefficient (Wildman–Crippen LogP) is 5.75. The molecule has 0 radical (unpaired) electrons. The molecule has 27 heavy (non-hydrogen) atoms. The van der Waals surface area contributed by atoms with E-state index in [0.717, 1.165) is 5.56 Å². The van der Waals surface area contributed by atoms with E-state index >= 15 is 0 Å². The lowest BCUT2D eigenvalue weighted by Gasteiger charge is -2.11. The Hall–Kier alpha value is -2.93. The number of pyridine rings is 1. The Morgan fingerprint density at radius 2 is 1.93 bits per heavy atom. The third-order valence-corrected chi connectivity index (χ3v) is 4.36. The molecule has 1 N–H and O–H groups in total. The maximum atomic E-state index is 12.3. The summed E-state index contributed by atoms with van der Waals surface area (Å²) in [5.41, 5.74) is 1.85. The molecule has 0 bridgehead atoms. The average Bonchev–Trinajstić information content (AvgIpc) is 2.65. The molecule has 0 saturated carbocycles. The SMILES string of the molecule is Cc1cc(NC(=O)c2ccc(SC(F)F)cc2)ccc1Oc1cccnc1. The van der Waals surface area contributed by atoms with Gasteiger partial charge in [-0.1, -0.05) is 11.8 Å². The van der Waals surface area contributed by atoms with Crippen molar-refractivity contribution in [2.75, 3.05) is 5.32 Å². The van der Waals surface area contributed by atoms with Gasteiger partial charge in [0.25, 0.3) is 11.7 Å². The number of ether oxygens (including phenoxy) is 1. The number of hydrogen-bond acceptors (Lipinski definition) is 4. The van der Waals surface area contributed by atoms with Crippen molar-refractivity contribution < 1.29 is 18.3 Å². The molecule has 4 nitrogen and oxygen atoms in total. The molecular weight excluding hydrogens is 370 g/mol. The second-order valence-electron chi connectivity index (χ2n) is 5.63. The van der Waals surface area contributed by atoms with Gasteiger partial charge in [0.15, 0.2) is 0 Å². The van der Waals surface area contributed by atoms with Crippen LogP contribution in [0.1, 0.15) is 15.9 Å². The van der Waals surface area contributed by atoms with Gasteiger partial charge in [-0.15, -0.1) is 0 Å². The standard InChI is InChI=1S/C20H16F2N2O2S/c1-13-11-15(6-9-18(13)26-16-3-2-10-23-12-16)24-19(25)14-4-7-17(8-5-14)27-20(21)22/h2-12,20H,1H3,(H,24,25). The number of amides is 1. The van der Waals surface area contributed by atoms with E-state index in [1.165, 1.54) is 24.3 Å². The zero-order valence-electron chi connectivity index (χ0n) is 14.4. The molecule has 0 aliphatic rings. The number of hydrogen-bond donors (Lipinski definition) is 1. The minimum Gasteiger partial charge on any atom is -0.455 e. The first kappa shape index (κ1) is 18.8. The van der Waals surface area contributed by atoms with Crippen LogP contribution >= 0.6 is 11.8 Å². The smallest absolute Gasteiger partial charge is 0.288 e. The predicted molar refractivity (Wildman–Crippen MR) is 102 cm³/mol. The number of benzene rings is 2. The molecule has 7 heteroatoms. The first-order chi connectivity index (χ1) is 13.0. The number of carbonyl (C=O) groups is 1. The monoisotopic (exact) mass is 386 g/mol. The van der Waals surface area contributed by atoms with Gasteiger partial charge in [-0.3, -0.25) is 9.78 Å². The number of aryl methyl sites for hydroxylation is 1. The quantitative estimate of drug-likeness (QED) is 0.548. The van der Waals surface area contributed by atoms with Gasteiger partial charge in [0.1, 0.15) is 11.5 Å². The highest BCUT2D eigenvalue weighted by molar-refractivity contribution is 7.99. The first-order valence-corrected chi connectivity index (χ1v) is 8.94. The minimum atomic E-state index is -2.49. The zero-order chi connectivity index (χ0) is 19.2. The second-order valence-corrected chi connectivity index (χ2v) is 6.69. The summed E-state index contributed by atoms with van der Waals surface area (Å²) in [5.74, 6) is -1.52. The number of halogens is 2. The molecular formula is C20H16F2N2O2S. The molecule has 1 aromatic heterocycles. The van der Waals surface area contributed by atoms with E-state index < -0.39 is 5.76 Å². The van der Waals surface area contributed by atoms with Gasteiger partial charge in [0.2, 0.25) is 0 Å². The zero-order valence-corrected chi connectivity index (χ0v) is 15.2. The van der Waals surface area contributed by atoms with Crippen molar-refractivity contribution in [1.29, 1.82) is 0 Å². The molecule has 0 spiro atoms. The van der Waals surface area contributed by atoms with Gasteiger partial charge in [-0.2, -0.15) is 8.78 Å². The Morgan fingerprint density at radius 1 is 1.15 bits per heavy atom. The van der Waals surface area contributed by atoms with Gasteiger partial charge in [-0.05, 0) is 67.1 Å². The van der Waals surface area contributed by atoms with Gasteiger partial charge in [0, 0.05) is 22.3 Å². The van der Waals surface area contributed by atoms with Crippen LogP contribution in [-0.4, -0.2) is 16.6 Å². The maximum absolute atomic E-state index is 12.3. The Morgan fingerprint density at radius 3 is 2.56 bits per heavy atom. The molecule has 1 amide bonds. The van der Waals surface area contributed by atoms with Crippen LogP contribution in [0.15, 0.2) is 71.9 Å². The molecule has 0 unspecified atom stereocenters. The number of alkyl halides is 2. The van der Waals surface area contributed by atoms with E-state index in [9.17, 15) is 13.6 Å². The highest BCUT2D eigenvalue weighted by atomic mass is 32.2. The van der Waals surface area contributed by atoms with E-state index in [4.69, 9.17) is 4.74 Å². The topological polar surface area (TPSA) is 51.2 Å². The second kappa shape index (κ2) is 8.64. The molecule has 0 aliphatic carbocycles. The van der Waals surface area contributed by atoms with E-state index in [-0.39, 0.29) is 5.91 Å². The molecule has 138 valence electrons. The lowest BCUT2D eigenvalue weighted by atomic mass is 10.1. The normalized spacial score (nSPS) is 10.7. The Labute approximate surface area is 159 Å². The summed E-state index contributed by atoms with van der Waals surface area (Å²) >= 11 is 0.444. The van der Waals surface area contributed by atoms with Gasteiger partial charge in [0.05, 0.1) is 6.20 Å². The van der Waals surface area contributed by atoms with Crippen LogP contribution < -0.4 is 10.1 Å². The van der Waals surface area contributed by atoms with Crippen molar-refractivity contribution in [3.63, 3.8) is 0 Å². The number of carbonyl (C=O) groups excluding carboxylic acids is 1. The van der Waals surface area contributed by atoms with Gasteiger partial charge >= 0.3 is 0 Å². The number of nitrogens with zero attached hydrogens (tertiary/aromatic N) is 1. The van der Waals surface area contributed by atoms with E-state index in [2.05, 4.69) is 10.3 Å². The molecule has 3 rings (SSSR count). The first-order valence-electron chi connectivity index (χ1n) is 8.06.